The van der Waals surface area contributed by atoms with Crippen molar-refractivity contribution in [2.24, 2.45) is 5.10 Å². The molecule has 1 aromatic carbocycles. The van der Waals surface area contributed by atoms with Crippen LogP contribution in [-0.4, -0.2) is 56.4 Å². The molecule has 0 saturated carbocycles. The van der Waals surface area contributed by atoms with Crippen LogP contribution in [0.1, 0.15) is 49.0 Å². The highest BCUT2D eigenvalue weighted by Gasteiger charge is 2.26. The minimum Gasteiger partial charge on any atom is -0.390 e. The third kappa shape index (κ3) is 5.06. The molecule has 3 unspecified atom stereocenters. The number of carbonyl (C=O) groups excluding carboxylic acids is 1. The lowest BCUT2D eigenvalue weighted by Gasteiger charge is -2.40. The van der Waals surface area contributed by atoms with Gasteiger partial charge in [0.1, 0.15) is 0 Å². The van der Waals surface area contributed by atoms with Crippen molar-refractivity contribution in [1.29, 1.82) is 0 Å². The third-order valence-electron chi connectivity index (χ3n) is 6.34. The second-order valence-electron chi connectivity index (χ2n) is 8.67. The first kappa shape index (κ1) is 22.2. The topological polar surface area (TPSA) is 82.8 Å². The third-order valence-corrected chi connectivity index (χ3v) is 6.34. The number of rotatable bonds is 7. The van der Waals surface area contributed by atoms with Gasteiger partial charge in [-0.1, -0.05) is 24.6 Å². The fourth-order valence-corrected chi connectivity index (χ4v) is 4.62. The predicted molar refractivity (Wildman–Crippen MR) is 127 cm³/mol. The van der Waals surface area contributed by atoms with Gasteiger partial charge in [-0.25, -0.2) is 5.43 Å². The number of aliphatic hydroxyl groups is 1. The zero-order valence-electron chi connectivity index (χ0n) is 18.7. The molecule has 1 fully saturated rings. The maximum atomic E-state index is 12.2. The summed E-state index contributed by atoms with van der Waals surface area (Å²) in [6.45, 7) is 5.68. The number of aromatic nitrogens is 2. The molecule has 2 aromatic heterocycles. The van der Waals surface area contributed by atoms with E-state index in [1.165, 1.54) is 19.3 Å². The number of hydrazone groups is 1. The van der Waals surface area contributed by atoms with Crippen molar-refractivity contribution in [1.82, 2.24) is 19.9 Å². The monoisotopic (exact) mass is 433 g/mol. The van der Waals surface area contributed by atoms with Gasteiger partial charge in [-0.3, -0.25) is 14.7 Å². The van der Waals surface area contributed by atoms with Crippen molar-refractivity contribution < 1.29 is 9.90 Å². The Morgan fingerprint density at radius 1 is 1.19 bits per heavy atom. The number of nitrogens with one attached hydrogen (secondary N) is 1. The van der Waals surface area contributed by atoms with Crippen LogP contribution in [0.15, 0.2) is 60.1 Å². The summed E-state index contributed by atoms with van der Waals surface area (Å²) < 4.78 is 2.07. The number of β-amino-alcohol motifs (C(OH)–C–C–N with tert-alkyl or cyclic N) is 1. The first-order valence-corrected chi connectivity index (χ1v) is 11.3. The van der Waals surface area contributed by atoms with Crippen LogP contribution in [0.25, 0.3) is 10.9 Å². The molecule has 1 aliphatic rings. The summed E-state index contributed by atoms with van der Waals surface area (Å²) in [6, 6.07) is 12.3. The van der Waals surface area contributed by atoms with Crippen molar-refractivity contribution in [3.63, 3.8) is 0 Å². The molecule has 0 bridgehead atoms. The molecule has 168 valence electrons. The lowest BCUT2D eigenvalue weighted by Crippen LogP contribution is -2.47. The molecule has 0 aliphatic carbocycles. The number of piperidine rings is 1. The Balaban J connectivity index is 1.47. The molecule has 1 aliphatic heterocycles. The quantitative estimate of drug-likeness (QED) is 0.442. The Kier molecular flexibility index (Phi) is 6.97. The van der Waals surface area contributed by atoms with Gasteiger partial charge in [0.15, 0.2) is 0 Å². The van der Waals surface area contributed by atoms with Crippen molar-refractivity contribution in [2.75, 3.05) is 6.54 Å². The second-order valence-corrected chi connectivity index (χ2v) is 8.67. The highest BCUT2D eigenvalue weighted by atomic mass is 16.3. The van der Waals surface area contributed by atoms with E-state index in [1.807, 2.05) is 30.5 Å². The standard InChI is InChI=1S/C25H31N5O2/c1-18-6-5-7-19(2)30(18)17-22(31)16-29-15-21(23-8-3-4-9-24(23)29)14-27-28-25(32)20-10-12-26-13-11-20/h3-4,8-15,18-19,22,31H,5-7,16-17H2,1-2H3,(H,28,32)/b27-14+. The predicted octanol–water partition coefficient (Wildman–Crippen LogP) is 3.42. The number of para-hydroxylation sites is 1. The molecule has 7 nitrogen and oxygen atoms in total. The van der Waals surface area contributed by atoms with Gasteiger partial charge < -0.3 is 9.67 Å². The number of fused-ring (bicyclic) bond motifs is 1. The van der Waals surface area contributed by atoms with Crippen molar-refractivity contribution in [3.05, 3.63) is 66.1 Å². The van der Waals surface area contributed by atoms with Crippen LogP contribution in [0.5, 0.6) is 0 Å². The summed E-state index contributed by atoms with van der Waals surface area (Å²) in [4.78, 5) is 18.5. The number of amides is 1. The zero-order chi connectivity index (χ0) is 22.5. The molecule has 4 rings (SSSR count). The van der Waals surface area contributed by atoms with Gasteiger partial charge in [-0.15, -0.1) is 0 Å². The SMILES string of the molecule is CC1CCCC(C)N1CC(O)Cn1cc(/C=N/NC(=O)c2ccncc2)c2ccccc21. The smallest absolute Gasteiger partial charge is 0.271 e. The van der Waals surface area contributed by atoms with E-state index >= 15 is 0 Å². The summed E-state index contributed by atoms with van der Waals surface area (Å²) in [5.41, 5.74) is 4.99. The normalized spacial score (nSPS) is 20.6. The van der Waals surface area contributed by atoms with Crippen LogP contribution in [0.3, 0.4) is 0 Å². The molecule has 7 heteroatoms. The van der Waals surface area contributed by atoms with Gasteiger partial charge >= 0.3 is 0 Å². The summed E-state index contributed by atoms with van der Waals surface area (Å²) in [5, 5.41) is 16.0. The molecule has 3 atom stereocenters. The molecule has 3 heterocycles. The lowest BCUT2D eigenvalue weighted by molar-refractivity contribution is 0.0352. The van der Waals surface area contributed by atoms with E-state index in [1.54, 1.807) is 30.7 Å². The molecule has 1 amide bonds. The number of likely N-dealkylation sites (tertiary alicyclic amines) is 1. The Hall–Kier alpha value is -3.03. The Bertz CT molecular complexity index is 1070. The van der Waals surface area contributed by atoms with Gasteiger partial charge in [-0.05, 0) is 44.9 Å². The number of pyridine rings is 1. The Labute approximate surface area is 188 Å². The van der Waals surface area contributed by atoms with Crippen molar-refractivity contribution in [3.8, 4) is 0 Å². The fourth-order valence-electron chi connectivity index (χ4n) is 4.62. The minimum atomic E-state index is -0.468. The summed E-state index contributed by atoms with van der Waals surface area (Å²) >= 11 is 0. The van der Waals surface area contributed by atoms with E-state index in [9.17, 15) is 9.90 Å². The average molecular weight is 434 g/mol. The molecule has 3 aromatic rings. The highest BCUT2D eigenvalue weighted by Crippen LogP contribution is 2.24. The van der Waals surface area contributed by atoms with E-state index in [0.717, 1.165) is 16.5 Å². The molecular formula is C25H31N5O2. The van der Waals surface area contributed by atoms with Gasteiger partial charge in [0.25, 0.3) is 5.91 Å². The van der Waals surface area contributed by atoms with E-state index in [4.69, 9.17) is 0 Å². The average Bonchev–Trinajstić information content (AvgIpc) is 3.14. The van der Waals surface area contributed by atoms with Crippen LogP contribution in [0, 0.1) is 0 Å². The Morgan fingerprint density at radius 2 is 1.91 bits per heavy atom. The van der Waals surface area contributed by atoms with Crippen LogP contribution in [0.4, 0.5) is 0 Å². The molecule has 1 saturated heterocycles. The number of hydrogen-bond donors (Lipinski definition) is 2. The van der Waals surface area contributed by atoms with Crippen molar-refractivity contribution >= 4 is 23.0 Å². The summed E-state index contributed by atoms with van der Waals surface area (Å²) in [7, 11) is 0. The fraction of sp³-hybridized carbons (Fsp3) is 0.400. The van der Waals surface area contributed by atoms with Crippen LogP contribution >= 0.6 is 0 Å². The molecule has 0 radical (unpaired) electrons. The van der Waals surface area contributed by atoms with E-state index in [-0.39, 0.29) is 5.91 Å². The number of nitrogens with zero attached hydrogens (tertiary/aromatic N) is 4. The lowest BCUT2D eigenvalue weighted by atomic mass is 9.97. The van der Waals surface area contributed by atoms with Crippen molar-refractivity contribution in [2.45, 2.75) is 57.8 Å². The van der Waals surface area contributed by atoms with E-state index in [2.05, 4.69) is 38.8 Å². The van der Waals surface area contributed by atoms with Gasteiger partial charge in [0, 0.05) is 65.8 Å². The van der Waals surface area contributed by atoms with Gasteiger partial charge in [-0.2, -0.15) is 5.10 Å². The zero-order valence-corrected chi connectivity index (χ0v) is 18.7. The maximum Gasteiger partial charge on any atom is 0.271 e. The van der Waals surface area contributed by atoms with Crippen LogP contribution in [0.2, 0.25) is 0 Å². The largest absolute Gasteiger partial charge is 0.390 e. The molecular weight excluding hydrogens is 402 g/mol. The molecule has 2 N–H and O–H groups in total. The van der Waals surface area contributed by atoms with Crippen LogP contribution < -0.4 is 5.43 Å². The summed E-state index contributed by atoms with van der Waals surface area (Å²) in [6.07, 6.45) is 9.96. The first-order valence-electron chi connectivity index (χ1n) is 11.3. The van der Waals surface area contributed by atoms with E-state index in [0.29, 0.717) is 30.7 Å². The molecule has 0 spiro atoms. The highest BCUT2D eigenvalue weighted by molar-refractivity contribution is 6.00. The first-order chi connectivity index (χ1) is 15.5. The minimum absolute atomic E-state index is 0.285. The van der Waals surface area contributed by atoms with Crippen LogP contribution in [-0.2, 0) is 6.54 Å². The van der Waals surface area contributed by atoms with Gasteiger partial charge in [0.05, 0.1) is 12.3 Å². The summed E-state index contributed by atoms with van der Waals surface area (Å²) in [5.74, 6) is -0.285. The second kappa shape index (κ2) is 10.1. The number of aliphatic hydroxyl groups excluding tert-OH is 1. The maximum absolute atomic E-state index is 12.2. The number of benzene rings is 1. The molecule has 32 heavy (non-hydrogen) atoms. The number of hydrogen-bond acceptors (Lipinski definition) is 5. The van der Waals surface area contributed by atoms with E-state index < -0.39 is 6.10 Å². The number of carbonyl (C=O) groups is 1. The van der Waals surface area contributed by atoms with Gasteiger partial charge in [0.2, 0.25) is 0 Å². The Morgan fingerprint density at radius 3 is 2.66 bits per heavy atom.